The molecule has 0 radical (unpaired) electrons. The van der Waals surface area contributed by atoms with Gasteiger partial charge in [-0.2, -0.15) is 0 Å². The van der Waals surface area contributed by atoms with Crippen LogP contribution in [0.5, 0.6) is 5.75 Å². The predicted octanol–water partition coefficient (Wildman–Crippen LogP) is 2.28. The minimum absolute atomic E-state index is 0.314. The molecular weight excluding hydrogens is 208 g/mol. The molecule has 0 spiro atoms. The summed E-state index contributed by atoms with van der Waals surface area (Å²) in [7, 11) is 0. The standard InChI is InChI=1S/C8H6O3S2/c9-13(10)7-3-1-2-6-4-5-12-11-8(6)7/h1-5H,(H,9,10). The summed E-state index contributed by atoms with van der Waals surface area (Å²) >= 11 is -0.848. The number of para-hydroxylation sites is 1. The summed E-state index contributed by atoms with van der Waals surface area (Å²) in [5.74, 6) is 0.482. The van der Waals surface area contributed by atoms with Crippen LogP contribution in [0.4, 0.5) is 0 Å². The molecule has 0 amide bonds. The first-order valence-electron chi connectivity index (χ1n) is 3.53. The maximum absolute atomic E-state index is 10.9. The fraction of sp³-hybridized carbons (Fsp3) is 0. The third-order valence-electron chi connectivity index (χ3n) is 1.63. The number of hydrogen-bond donors (Lipinski definition) is 1. The Bertz CT molecular complexity index is 387. The fourth-order valence-electron chi connectivity index (χ4n) is 1.07. The van der Waals surface area contributed by atoms with Gasteiger partial charge in [0.25, 0.3) is 0 Å². The van der Waals surface area contributed by atoms with Crippen LogP contribution in [-0.2, 0) is 11.1 Å². The van der Waals surface area contributed by atoms with E-state index < -0.39 is 11.1 Å². The number of fused-ring (bicyclic) bond motifs is 1. The molecule has 68 valence electrons. The van der Waals surface area contributed by atoms with Gasteiger partial charge < -0.3 is 8.74 Å². The number of benzene rings is 1. The van der Waals surface area contributed by atoms with Crippen molar-refractivity contribution in [1.82, 2.24) is 0 Å². The molecule has 0 saturated heterocycles. The molecule has 0 saturated carbocycles. The van der Waals surface area contributed by atoms with Gasteiger partial charge in [0.15, 0.2) is 16.8 Å². The lowest BCUT2D eigenvalue weighted by molar-refractivity contribution is 0.555. The molecule has 1 aliphatic rings. The highest BCUT2D eigenvalue weighted by Gasteiger charge is 2.14. The Morgan fingerprint density at radius 3 is 3.08 bits per heavy atom. The summed E-state index contributed by atoms with van der Waals surface area (Å²) in [6, 6.07) is 5.14. The van der Waals surface area contributed by atoms with Gasteiger partial charge in [-0.25, -0.2) is 4.21 Å². The highest BCUT2D eigenvalue weighted by atomic mass is 32.2. The molecule has 0 aliphatic carbocycles. The van der Waals surface area contributed by atoms with Gasteiger partial charge in [-0.05, 0) is 12.1 Å². The first kappa shape index (κ1) is 8.80. The Balaban J connectivity index is 2.59. The maximum Gasteiger partial charge on any atom is 0.190 e. The SMILES string of the molecule is O=S(O)c1cccc2c1OSC=C2. The summed E-state index contributed by atoms with van der Waals surface area (Å²) in [6.07, 6.45) is 1.85. The van der Waals surface area contributed by atoms with Crippen molar-refractivity contribution in [2.24, 2.45) is 0 Å². The monoisotopic (exact) mass is 214 g/mol. The zero-order valence-electron chi connectivity index (χ0n) is 6.47. The van der Waals surface area contributed by atoms with Gasteiger partial charge in [-0.1, -0.05) is 12.1 Å². The second kappa shape index (κ2) is 3.53. The van der Waals surface area contributed by atoms with E-state index in [9.17, 15) is 4.21 Å². The van der Waals surface area contributed by atoms with Crippen molar-refractivity contribution in [1.29, 1.82) is 0 Å². The molecule has 0 aromatic heterocycles. The van der Waals surface area contributed by atoms with E-state index in [1.165, 1.54) is 0 Å². The smallest absolute Gasteiger partial charge is 0.190 e. The normalized spacial score (nSPS) is 16.1. The lowest BCUT2D eigenvalue weighted by Crippen LogP contribution is -1.96. The molecule has 1 aromatic rings. The summed E-state index contributed by atoms with van der Waals surface area (Å²) in [5.41, 5.74) is 0.832. The fourth-order valence-corrected chi connectivity index (χ4v) is 2.17. The van der Waals surface area contributed by atoms with E-state index in [1.54, 1.807) is 17.5 Å². The van der Waals surface area contributed by atoms with Crippen LogP contribution in [0, 0.1) is 0 Å². The maximum atomic E-state index is 10.9. The molecule has 1 heterocycles. The Morgan fingerprint density at radius 1 is 1.46 bits per heavy atom. The molecule has 1 aromatic carbocycles. The minimum atomic E-state index is -1.99. The Hall–Kier alpha value is -0.780. The van der Waals surface area contributed by atoms with Crippen molar-refractivity contribution in [2.75, 3.05) is 0 Å². The molecule has 0 fully saturated rings. The molecular formula is C8H6O3S2. The summed E-state index contributed by atoms with van der Waals surface area (Å²) < 4.78 is 25.0. The van der Waals surface area contributed by atoms with E-state index in [2.05, 4.69) is 0 Å². The summed E-state index contributed by atoms with van der Waals surface area (Å²) in [5, 5.41) is 1.78. The van der Waals surface area contributed by atoms with Gasteiger partial charge in [-0.15, -0.1) is 0 Å². The molecule has 13 heavy (non-hydrogen) atoms. The van der Waals surface area contributed by atoms with E-state index in [-0.39, 0.29) is 0 Å². The molecule has 0 bridgehead atoms. The van der Waals surface area contributed by atoms with Crippen molar-refractivity contribution in [3.05, 3.63) is 29.2 Å². The number of hydrogen-bond acceptors (Lipinski definition) is 3. The van der Waals surface area contributed by atoms with Gasteiger partial charge in [-0.3, -0.25) is 0 Å². The second-order valence-corrected chi connectivity index (χ2v) is 3.98. The van der Waals surface area contributed by atoms with Crippen LogP contribution >= 0.6 is 12.0 Å². The third kappa shape index (κ3) is 1.63. The molecule has 1 unspecified atom stereocenters. The molecule has 2 rings (SSSR count). The van der Waals surface area contributed by atoms with Gasteiger partial charge in [0.1, 0.15) is 4.90 Å². The van der Waals surface area contributed by atoms with Crippen LogP contribution in [0.3, 0.4) is 0 Å². The van der Waals surface area contributed by atoms with Gasteiger partial charge in [0.05, 0.1) is 12.0 Å². The third-order valence-corrected chi connectivity index (χ3v) is 2.84. The minimum Gasteiger partial charge on any atom is -0.419 e. The average Bonchev–Trinajstić information content (AvgIpc) is 2.17. The Labute approximate surface area is 82.3 Å². The first-order valence-corrected chi connectivity index (χ1v) is 5.44. The topological polar surface area (TPSA) is 46.5 Å². The zero-order chi connectivity index (χ0) is 9.26. The van der Waals surface area contributed by atoms with Crippen LogP contribution in [0.1, 0.15) is 5.56 Å². The van der Waals surface area contributed by atoms with E-state index in [1.807, 2.05) is 12.1 Å². The first-order chi connectivity index (χ1) is 6.29. The van der Waals surface area contributed by atoms with Gasteiger partial charge >= 0.3 is 0 Å². The van der Waals surface area contributed by atoms with Crippen LogP contribution < -0.4 is 4.18 Å². The van der Waals surface area contributed by atoms with Crippen molar-refractivity contribution >= 4 is 29.2 Å². The highest BCUT2D eigenvalue weighted by molar-refractivity contribution is 7.98. The van der Waals surface area contributed by atoms with Crippen molar-refractivity contribution in [3.63, 3.8) is 0 Å². The Kier molecular flexibility index (Phi) is 2.39. The molecule has 5 heteroatoms. The predicted molar refractivity (Wildman–Crippen MR) is 52.7 cm³/mol. The van der Waals surface area contributed by atoms with Crippen molar-refractivity contribution in [3.8, 4) is 5.75 Å². The van der Waals surface area contributed by atoms with Crippen LogP contribution in [-0.4, -0.2) is 8.76 Å². The van der Waals surface area contributed by atoms with Crippen molar-refractivity contribution < 1.29 is 12.9 Å². The van der Waals surface area contributed by atoms with Gasteiger partial charge in [0.2, 0.25) is 0 Å². The van der Waals surface area contributed by atoms with E-state index in [0.717, 1.165) is 17.6 Å². The zero-order valence-corrected chi connectivity index (χ0v) is 8.10. The largest absolute Gasteiger partial charge is 0.419 e. The van der Waals surface area contributed by atoms with Crippen LogP contribution in [0.25, 0.3) is 6.08 Å². The second-order valence-electron chi connectivity index (χ2n) is 2.41. The summed E-state index contributed by atoms with van der Waals surface area (Å²) in [6.45, 7) is 0. The van der Waals surface area contributed by atoms with E-state index in [0.29, 0.717) is 10.6 Å². The number of rotatable bonds is 1. The van der Waals surface area contributed by atoms with Crippen molar-refractivity contribution in [2.45, 2.75) is 4.90 Å². The molecule has 1 N–H and O–H groups in total. The summed E-state index contributed by atoms with van der Waals surface area (Å²) in [4.78, 5) is 0.314. The van der Waals surface area contributed by atoms with Gasteiger partial charge in [0, 0.05) is 11.0 Å². The van der Waals surface area contributed by atoms with E-state index >= 15 is 0 Å². The lowest BCUT2D eigenvalue weighted by atomic mass is 10.2. The van der Waals surface area contributed by atoms with Crippen LogP contribution in [0.15, 0.2) is 28.5 Å². The average molecular weight is 214 g/mol. The van der Waals surface area contributed by atoms with E-state index in [4.69, 9.17) is 8.74 Å². The highest BCUT2D eigenvalue weighted by Crippen LogP contribution is 2.34. The Morgan fingerprint density at radius 2 is 2.31 bits per heavy atom. The van der Waals surface area contributed by atoms with Crippen LogP contribution in [0.2, 0.25) is 0 Å². The molecule has 1 atom stereocenters. The molecule has 1 aliphatic heterocycles. The lowest BCUT2D eigenvalue weighted by Gasteiger charge is -2.12. The quantitative estimate of drug-likeness (QED) is 0.575. The molecule has 3 nitrogen and oxygen atoms in total.